The minimum absolute atomic E-state index is 0.103. The Morgan fingerprint density at radius 3 is 2.57 bits per heavy atom. The highest BCUT2D eigenvalue weighted by atomic mass is 16.5. The van der Waals surface area contributed by atoms with Crippen LogP contribution in [0, 0.1) is 0 Å². The van der Waals surface area contributed by atoms with E-state index in [0.29, 0.717) is 6.61 Å². The lowest BCUT2D eigenvalue weighted by Crippen LogP contribution is -2.15. The van der Waals surface area contributed by atoms with E-state index in [1.807, 2.05) is 0 Å². The largest absolute Gasteiger partial charge is 0.466 e. The summed E-state index contributed by atoms with van der Waals surface area (Å²) >= 11 is 0. The molecule has 1 rings (SSSR count). The standard InChI is InChI=1S/C8H11N3O3/c1-2-14-8(13)3-7(12)4-11-5-9-10-6-11/h5-6H,2-4H2,1H3. The minimum atomic E-state index is -0.495. The third kappa shape index (κ3) is 3.34. The van der Waals surface area contributed by atoms with Crippen molar-refractivity contribution in [2.45, 2.75) is 19.9 Å². The molecule has 0 spiro atoms. The fourth-order valence-electron chi connectivity index (χ4n) is 0.936. The number of hydrogen-bond acceptors (Lipinski definition) is 5. The topological polar surface area (TPSA) is 74.1 Å². The molecule has 14 heavy (non-hydrogen) atoms. The van der Waals surface area contributed by atoms with Gasteiger partial charge in [-0.2, -0.15) is 0 Å². The first-order valence-corrected chi connectivity index (χ1v) is 4.22. The molecular formula is C8H11N3O3. The number of ether oxygens (including phenoxy) is 1. The number of rotatable bonds is 5. The summed E-state index contributed by atoms with van der Waals surface area (Å²) in [6.07, 6.45) is 2.64. The molecule has 0 radical (unpaired) electrons. The Balaban J connectivity index is 2.33. The Morgan fingerprint density at radius 1 is 1.36 bits per heavy atom. The van der Waals surface area contributed by atoms with Crippen molar-refractivity contribution in [1.82, 2.24) is 14.8 Å². The molecule has 0 saturated heterocycles. The average Bonchev–Trinajstić information content (AvgIpc) is 2.56. The van der Waals surface area contributed by atoms with Gasteiger partial charge < -0.3 is 9.30 Å². The zero-order chi connectivity index (χ0) is 10.4. The third-order valence-corrected chi connectivity index (χ3v) is 1.47. The predicted molar refractivity (Wildman–Crippen MR) is 46.3 cm³/mol. The van der Waals surface area contributed by atoms with Gasteiger partial charge in [0.2, 0.25) is 0 Å². The smallest absolute Gasteiger partial charge is 0.313 e. The van der Waals surface area contributed by atoms with Crippen LogP contribution in [0.3, 0.4) is 0 Å². The number of ketones is 1. The number of hydrogen-bond donors (Lipinski definition) is 0. The number of esters is 1. The van der Waals surface area contributed by atoms with Crippen molar-refractivity contribution < 1.29 is 14.3 Å². The van der Waals surface area contributed by atoms with Crippen molar-refractivity contribution >= 4 is 11.8 Å². The first-order chi connectivity index (χ1) is 6.72. The van der Waals surface area contributed by atoms with Crippen LogP contribution in [0.25, 0.3) is 0 Å². The van der Waals surface area contributed by atoms with E-state index in [0.717, 1.165) is 0 Å². The summed E-state index contributed by atoms with van der Waals surface area (Å²) < 4.78 is 6.13. The number of carbonyl (C=O) groups excluding carboxylic acids is 2. The van der Waals surface area contributed by atoms with Crippen molar-refractivity contribution in [3.8, 4) is 0 Å². The molecule has 0 amide bonds. The van der Waals surface area contributed by atoms with Gasteiger partial charge in [0.05, 0.1) is 13.2 Å². The minimum Gasteiger partial charge on any atom is -0.466 e. The second-order valence-electron chi connectivity index (χ2n) is 2.65. The molecular weight excluding hydrogens is 186 g/mol. The molecule has 6 nitrogen and oxygen atoms in total. The normalized spacial score (nSPS) is 9.79. The maximum atomic E-state index is 11.2. The van der Waals surface area contributed by atoms with Crippen LogP contribution in [0.2, 0.25) is 0 Å². The maximum Gasteiger partial charge on any atom is 0.313 e. The highest BCUT2D eigenvalue weighted by Gasteiger charge is 2.10. The van der Waals surface area contributed by atoms with E-state index in [4.69, 9.17) is 0 Å². The number of carbonyl (C=O) groups is 2. The number of aromatic nitrogens is 3. The van der Waals surface area contributed by atoms with Gasteiger partial charge >= 0.3 is 5.97 Å². The molecule has 6 heteroatoms. The Morgan fingerprint density at radius 2 is 2.00 bits per heavy atom. The van der Waals surface area contributed by atoms with Gasteiger partial charge in [0.1, 0.15) is 19.1 Å². The molecule has 76 valence electrons. The zero-order valence-corrected chi connectivity index (χ0v) is 7.84. The van der Waals surface area contributed by atoms with Crippen LogP contribution in [0.4, 0.5) is 0 Å². The Hall–Kier alpha value is -1.72. The van der Waals surface area contributed by atoms with Crippen molar-refractivity contribution in [3.63, 3.8) is 0 Å². The highest BCUT2D eigenvalue weighted by Crippen LogP contribution is 1.92. The van der Waals surface area contributed by atoms with Crippen LogP contribution in [-0.2, 0) is 20.9 Å². The van der Waals surface area contributed by atoms with Crippen molar-refractivity contribution in [3.05, 3.63) is 12.7 Å². The summed E-state index contributed by atoms with van der Waals surface area (Å²) in [6.45, 7) is 2.09. The fraction of sp³-hybridized carbons (Fsp3) is 0.500. The molecule has 0 unspecified atom stereocenters. The van der Waals surface area contributed by atoms with Gasteiger partial charge in [0, 0.05) is 0 Å². The molecule has 0 bridgehead atoms. The molecule has 0 fully saturated rings. The quantitative estimate of drug-likeness (QED) is 0.482. The summed E-state index contributed by atoms with van der Waals surface area (Å²) in [5.41, 5.74) is 0. The molecule has 1 aromatic rings. The van der Waals surface area contributed by atoms with Crippen LogP contribution in [0.5, 0.6) is 0 Å². The molecule has 0 saturated carbocycles. The van der Waals surface area contributed by atoms with Gasteiger partial charge in [-0.3, -0.25) is 9.59 Å². The Bertz CT molecular complexity index is 308. The van der Waals surface area contributed by atoms with E-state index in [-0.39, 0.29) is 18.7 Å². The SMILES string of the molecule is CCOC(=O)CC(=O)Cn1cnnc1. The third-order valence-electron chi connectivity index (χ3n) is 1.47. The molecule has 1 heterocycles. The van der Waals surface area contributed by atoms with Gasteiger partial charge in [-0.25, -0.2) is 0 Å². The van der Waals surface area contributed by atoms with Gasteiger partial charge in [0.25, 0.3) is 0 Å². The maximum absolute atomic E-state index is 11.2. The average molecular weight is 197 g/mol. The number of nitrogens with zero attached hydrogens (tertiary/aromatic N) is 3. The van der Waals surface area contributed by atoms with Gasteiger partial charge in [-0.1, -0.05) is 0 Å². The lowest BCUT2D eigenvalue weighted by molar-refractivity contribution is -0.145. The van der Waals surface area contributed by atoms with Crippen LogP contribution >= 0.6 is 0 Å². The lowest BCUT2D eigenvalue weighted by Gasteiger charge is -2.01. The monoisotopic (exact) mass is 197 g/mol. The van der Waals surface area contributed by atoms with Crippen LogP contribution in [0.15, 0.2) is 12.7 Å². The summed E-state index contributed by atoms with van der Waals surface area (Å²) in [4.78, 5) is 22.1. The van der Waals surface area contributed by atoms with Crippen molar-refractivity contribution in [1.29, 1.82) is 0 Å². The van der Waals surface area contributed by atoms with Crippen LogP contribution in [-0.4, -0.2) is 33.1 Å². The molecule has 1 aromatic heterocycles. The number of Topliss-reactive ketones (excluding diaryl/α,β-unsaturated/α-hetero) is 1. The van der Waals surface area contributed by atoms with E-state index in [1.54, 1.807) is 6.92 Å². The van der Waals surface area contributed by atoms with E-state index >= 15 is 0 Å². The molecule has 0 aromatic carbocycles. The second kappa shape index (κ2) is 5.11. The highest BCUT2D eigenvalue weighted by molar-refractivity contribution is 5.95. The molecule has 0 aliphatic rings. The summed E-state index contributed by atoms with van der Waals surface area (Å²) in [5.74, 6) is -0.714. The Kier molecular flexibility index (Phi) is 3.78. The predicted octanol–water partition coefficient (Wildman–Crippen LogP) is -0.200. The van der Waals surface area contributed by atoms with Gasteiger partial charge in [-0.15, -0.1) is 10.2 Å². The summed E-state index contributed by atoms with van der Waals surface area (Å²) in [5, 5.41) is 7.07. The fourth-order valence-corrected chi connectivity index (χ4v) is 0.936. The van der Waals surface area contributed by atoms with Gasteiger partial charge in [-0.05, 0) is 6.92 Å². The van der Waals surface area contributed by atoms with Gasteiger partial charge in [0.15, 0.2) is 5.78 Å². The second-order valence-corrected chi connectivity index (χ2v) is 2.65. The van der Waals surface area contributed by atoms with Crippen molar-refractivity contribution in [2.24, 2.45) is 0 Å². The van der Waals surface area contributed by atoms with Crippen LogP contribution < -0.4 is 0 Å². The lowest BCUT2D eigenvalue weighted by atomic mass is 10.3. The van der Waals surface area contributed by atoms with Crippen molar-refractivity contribution in [2.75, 3.05) is 6.61 Å². The molecule has 0 aliphatic carbocycles. The van der Waals surface area contributed by atoms with E-state index in [1.165, 1.54) is 17.2 Å². The Labute approximate surface area is 80.9 Å². The first kappa shape index (κ1) is 10.4. The molecule has 0 N–H and O–H groups in total. The molecule has 0 atom stereocenters. The summed E-state index contributed by atoms with van der Waals surface area (Å²) in [7, 11) is 0. The zero-order valence-electron chi connectivity index (χ0n) is 7.84. The van der Waals surface area contributed by atoms with E-state index < -0.39 is 5.97 Å². The summed E-state index contributed by atoms with van der Waals surface area (Å²) in [6, 6.07) is 0. The van der Waals surface area contributed by atoms with E-state index in [9.17, 15) is 9.59 Å². The molecule has 0 aliphatic heterocycles. The first-order valence-electron chi connectivity index (χ1n) is 4.22. The van der Waals surface area contributed by atoms with Crippen LogP contribution in [0.1, 0.15) is 13.3 Å². The van der Waals surface area contributed by atoms with E-state index in [2.05, 4.69) is 14.9 Å².